The van der Waals surface area contributed by atoms with Crippen molar-refractivity contribution in [1.29, 1.82) is 0 Å². The monoisotopic (exact) mass is 1510 g/mol. The summed E-state index contributed by atoms with van der Waals surface area (Å²) in [7, 11) is -13.0. The molecule has 98 heavy (non-hydrogen) atoms. The van der Waals surface area contributed by atoms with E-state index in [4.69, 9.17) is 130 Å². The van der Waals surface area contributed by atoms with Gasteiger partial charge in [-0.05, 0) is 0 Å². The van der Waals surface area contributed by atoms with Crippen LogP contribution in [-0.2, 0) is 153 Å². The third kappa shape index (κ3) is 22.3. The van der Waals surface area contributed by atoms with E-state index in [0.717, 1.165) is 0 Å². The van der Waals surface area contributed by atoms with Gasteiger partial charge in [-0.15, -0.1) is 0 Å². The van der Waals surface area contributed by atoms with Gasteiger partial charge in [-0.3, -0.25) is 18.2 Å². The first kappa shape index (κ1) is 82.1. The number of nitrogens with two attached hydrogens (primary N) is 4. The predicted octanol–water partition coefficient (Wildman–Crippen LogP) is -4.23. The molecule has 13 N–H and O–H groups in total. The number of rotatable bonds is 31. The molecule has 0 spiro atoms. The Hall–Kier alpha value is -1.52. The Morgan fingerprint density at radius 2 is 0.571 bits per heavy atom. The standard InChI is InChI=1S/C53H96N4O37S4/c1-22-42(54)50(75-9)87-34(18-80-95(59,60)61)46(22)92-39-11-28(72-6)31(15-77-39)85-52-44(56)24(3)48(36(89-52)20-82-97(65,66)67)94-41-13-30(74-8)33(17-79-41)86-53-45(57)25(4)49(37(90-53)21-83-98(68,69)70)93-40-12-29(73-7)32(16-78-40)84-51-43(55)23(2)47(35(88-51)19-81-96(62,63)64)91-38-10-27(71-5)26(58)14-76-38/h22-53,58H,10-21,54-57H2,1-9H3,(H,59,60,61)(H,62,63,64)(H,65,66,67)(H,68,69,70)/t22-,23-,24-,25-,26-,27+,28+,29+,30+,31-,32-,33-,34?,35?,36?,37?,38+,39+,40+,41+,42?,43?,44?,45?,46+,47+,48+,49+,50+,51+,52+,53-/m1/s1. The van der Waals surface area contributed by atoms with Gasteiger partial charge in [0, 0.05) is 84.9 Å². The molecule has 8 aliphatic heterocycles. The average Bonchev–Trinajstić information content (AvgIpc) is 0.799. The minimum Gasteiger partial charge on any atom is -0.388 e. The normalized spacial score (nSPS) is 44.3. The first-order valence-corrected chi connectivity index (χ1v) is 36.9. The average molecular weight is 1510 g/mol. The van der Waals surface area contributed by atoms with Crippen molar-refractivity contribution < 1.29 is 168 Å². The molecule has 0 saturated carbocycles. The lowest BCUT2D eigenvalue weighted by Crippen LogP contribution is -2.63. The molecule has 8 rings (SSSR count). The molecule has 45 heteroatoms. The van der Waals surface area contributed by atoms with Crippen molar-refractivity contribution in [1.82, 2.24) is 0 Å². The van der Waals surface area contributed by atoms with Gasteiger partial charge in [-0.1, -0.05) is 27.7 Å². The number of hydrogen-bond donors (Lipinski definition) is 9. The lowest BCUT2D eigenvalue weighted by atomic mass is 9.88. The maximum atomic E-state index is 12.0. The summed E-state index contributed by atoms with van der Waals surface area (Å²) >= 11 is 0. The molecule has 8 saturated heterocycles. The van der Waals surface area contributed by atoms with Crippen molar-refractivity contribution in [3.8, 4) is 0 Å². The molecular formula is C53H96N4O37S4. The van der Waals surface area contributed by atoms with Crippen LogP contribution in [0.3, 0.4) is 0 Å². The zero-order valence-electron chi connectivity index (χ0n) is 55.2. The maximum absolute atomic E-state index is 12.0. The molecule has 8 heterocycles. The van der Waals surface area contributed by atoms with Crippen LogP contribution >= 0.6 is 0 Å². The van der Waals surface area contributed by atoms with E-state index in [1.54, 1.807) is 27.7 Å². The molecule has 41 nitrogen and oxygen atoms in total. The smallest absolute Gasteiger partial charge is 0.388 e. The molecule has 0 aliphatic carbocycles. The van der Waals surface area contributed by atoms with Crippen molar-refractivity contribution in [2.45, 2.75) is 226 Å². The Morgan fingerprint density at radius 3 is 0.816 bits per heavy atom. The van der Waals surface area contributed by atoms with E-state index < -0.39 is 264 Å². The van der Waals surface area contributed by atoms with Gasteiger partial charge in [0.25, 0.3) is 0 Å². The molecular weight excluding hydrogens is 1410 g/mol. The number of aliphatic hydroxyl groups is 1. The summed E-state index contributed by atoms with van der Waals surface area (Å²) < 4.78 is 273. The van der Waals surface area contributed by atoms with Gasteiger partial charge in [0.1, 0.15) is 48.8 Å². The van der Waals surface area contributed by atoms with Crippen molar-refractivity contribution in [2.75, 3.05) is 88.4 Å². The van der Waals surface area contributed by atoms with Gasteiger partial charge in [-0.2, -0.15) is 33.7 Å². The Morgan fingerprint density at radius 1 is 0.337 bits per heavy atom. The van der Waals surface area contributed by atoms with E-state index in [1.807, 2.05) is 0 Å². The molecule has 0 amide bonds. The zero-order chi connectivity index (χ0) is 71.9. The molecule has 574 valence electrons. The summed E-state index contributed by atoms with van der Waals surface area (Å²) in [5, 5.41) is 10.3. The summed E-state index contributed by atoms with van der Waals surface area (Å²) in [5.74, 6) is -2.66. The van der Waals surface area contributed by atoms with Crippen LogP contribution < -0.4 is 22.9 Å². The van der Waals surface area contributed by atoms with Crippen LogP contribution in [0.2, 0.25) is 0 Å². The van der Waals surface area contributed by atoms with Crippen LogP contribution in [0.25, 0.3) is 0 Å². The van der Waals surface area contributed by atoms with Gasteiger partial charge in [0.2, 0.25) is 0 Å². The van der Waals surface area contributed by atoms with Crippen molar-refractivity contribution in [3.05, 3.63) is 0 Å². The van der Waals surface area contributed by atoms with E-state index in [0.29, 0.717) is 0 Å². The van der Waals surface area contributed by atoms with E-state index in [-0.39, 0.29) is 52.1 Å². The van der Waals surface area contributed by atoms with Gasteiger partial charge in [0.15, 0.2) is 50.3 Å². The van der Waals surface area contributed by atoms with Crippen LogP contribution in [0.5, 0.6) is 0 Å². The first-order chi connectivity index (χ1) is 46.0. The fourth-order valence-corrected chi connectivity index (χ4v) is 14.2. The summed E-state index contributed by atoms with van der Waals surface area (Å²) in [5.41, 5.74) is 26.6. The molecule has 8 aliphatic rings. The number of ether oxygens (including phenoxy) is 20. The maximum Gasteiger partial charge on any atom is 0.397 e. The molecule has 0 aromatic heterocycles. The van der Waals surface area contributed by atoms with Crippen molar-refractivity contribution in [2.24, 2.45) is 46.6 Å². The first-order valence-electron chi connectivity index (χ1n) is 31.5. The second-order valence-corrected chi connectivity index (χ2v) is 29.5. The highest BCUT2D eigenvalue weighted by Crippen LogP contribution is 2.39. The third-order valence-electron chi connectivity index (χ3n) is 18.8. The molecule has 0 aromatic rings. The van der Waals surface area contributed by atoms with Crippen LogP contribution in [0.15, 0.2) is 0 Å². The van der Waals surface area contributed by atoms with Crippen molar-refractivity contribution in [3.63, 3.8) is 0 Å². The topological polar surface area (TPSA) is 563 Å². The summed E-state index contributed by atoms with van der Waals surface area (Å²) in [4.78, 5) is 0. The summed E-state index contributed by atoms with van der Waals surface area (Å²) in [6, 6.07) is -3.72. The largest absolute Gasteiger partial charge is 0.397 e. The van der Waals surface area contributed by atoms with Crippen LogP contribution in [0.4, 0.5) is 0 Å². The number of methoxy groups -OCH3 is 5. The highest BCUT2D eigenvalue weighted by molar-refractivity contribution is 7.81. The van der Waals surface area contributed by atoms with Crippen LogP contribution in [-0.4, -0.2) is 318 Å². The highest BCUT2D eigenvalue weighted by atomic mass is 32.3. The Kier molecular flexibility index (Phi) is 29.9. The van der Waals surface area contributed by atoms with Gasteiger partial charge in [-0.25, -0.2) is 16.7 Å². The SMILES string of the molecule is CO[C@H]1OC(COS(=O)(=O)O)[C@@H](O[C@H]2C[C@H](OC)[C@H](O[C@H]3OC(COS(=O)(=O)O)[C@@H](O[C@H]4C[C@H](OC)[C@H](O[C@@H]5OC(COS(=O)(=O)O)[C@@H](O[C@H]6C[C@H](OC)[C@H](O[C@H]7OC(COS(=O)(=O)O)[C@@H](O[C@H]8C[C@H](OC)[C@H](O)CO8)[C@H](C)C7N)CO6)[C@H](C)C5N)CO4)[C@H](C)C3N)CO2)[C@H](C)C1N. The van der Waals surface area contributed by atoms with Gasteiger partial charge >= 0.3 is 41.6 Å². The predicted molar refractivity (Wildman–Crippen MR) is 321 cm³/mol. The molecule has 0 bridgehead atoms. The summed E-state index contributed by atoms with van der Waals surface area (Å²) in [6.07, 6.45) is -24.9. The van der Waals surface area contributed by atoms with Gasteiger partial charge < -0.3 is 123 Å². The minimum atomic E-state index is -5.06. The fraction of sp³-hybridized carbons (Fsp3) is 1.00. The molecule has 32 atom stereocenters. The quantitative estimate of drug-likeness (QED) is 0.0297. The number of hydrogen-bond acceptors (Lipinski definition) is 37. The van der Waals surface area contributed by atoms with Crippen LogP contribution in [0.1, 0.15) is 53.4 Å². The molecule has 8 unspecified atom stereocenters. The lowest BCUT2D eigenvalue weighted by molar-refractivity contribution is -0.344. The highest BCUT2D eigenvalue weighted by Gasteiger charge is 2.54. The summed E-state index contributed by atoms with van der Waals surface area (Å²) in [6.45, 7) is 3.01. The van der Waals surface area contributed by atoms with E-state index in [2.05, 4.69) is 4.18 Å². The van der Waals surface area contributed by atoms with Crippen molar-refractivity contribution >= 4 is 41.6 Å². The second kappa shape index (κ2) is 35.7. The third-order valence-corrected chi connectivity index (χ3v) is 20.5. The van der Waals surface area contributed by atoms with Gasteiger partial charge in [0.05, 0.1) is 126 Å². The van der Waals surface area contributed by atoms with E-state index >= 15 is 0 Å². The second-order valence-electron chi connectivity index (χ2n) is 25.1. The number of aliphatic hydroxyl groups excluding tert-OH is 1. The molecule has 8 fully saturated rings. The van der Waals surface area contributed by atoms with E-state index in [1.165, 1.54) is 35.5 Å². The molecule has 0 aromatic carbocycles. The Bertz CT molecular complexity index is 2940. The minimum absolute atomic E-state index is 0.0220. The molecule has 0 radical (unpaired) electrons. The van der Waals surface area contributed by atoms with E-state index in [9.17, 15) is 57.0 Å². The fourth-order valence-electron chi connectivity index (χ4n) is 13.0. The Labute approximate surface area is 568 Å². The zero-order valence-corrected chi connectivity index (χ0v) is 58.5. The van der Waals surface area contributed by atoms with Crippen LogP contribution in [0, 0.1) is 23.7 Å². The Balaban J connectivity index is 0.867. The lowest BCUT2D eigenvalue weighted by Gasteiger charge is -2.49.